The van der Waals surface area contributed by atoms with Crippen LogP contribution in [0.1, 0.15) is 10.4 Å². The molecule has 0 heterocycles. The molecule has 0 aliphatic carbocycles. The highest BCUT2D eigenvalue weighted by Crippen LogP contribution is 2.39. The Morgan fingerprint density at radius 3 is 2.35 bits per heavy atom. The van der Waals surface area contributed by atoms with Crippen LogP contribution in [0.3, 0.4) is 0 Å². The third kappa shape index (κ3) is 2.56. The third-order valence-corrected chi connectivity index (χ3v) is 3.16. The number of benzene rings is 2. The van der Waals surface area contributed by atoms with Gasteiger partial charge in [0.15, 0.2) is 17.8 Å². The maximum Gasteiger partial charge on any atom is 0.161 e. The standard InChI is InChI=1S/C15H13ClO4/c1-19-14-4-3-10(16)6-12(14)11-7-13(18)15(20-2)5-9(11)8-17/h3-8,18H,1-2H3. The van der Waals surface area contributed by atoms with E-state index in [1.54, 1.807) is 18.2 Å². The Kier molecular flexibility index (Phi) is 4.15. The lowest BCUT2D eigenvalue weighted by Gasteiger charge is -2.13. The molecular weight excluding hydrogens is 280 g/mol. The van der Waals surface area contributed by atoms with Gasteiger partial charge in [-0.05, 0) is 35.9 Å². The lowest BCUT2D eigenvalue weighted by molar-refractivity contribution is 0.112. The summed E-state index contributed by atoms with van der Waals surface area (Å²) >= 11 is 5.99. The second-order valence-corrected chi connectivity index (χ2v) is 4.51. The van der Waals surface area contributed by atoms with Gasteiger partial charge in [-0.2, -0.15) is 0 Å². The van der Waals surface area contributed by atoms with Crippen molar-refractivity contribution in [3.63, 3.8) is 0 Å². The zero-order valence-electron chi connectivity index (χ0n) is 11.0. The number of carbonyl (C=O) groups is 1. The van der Waals surface area contributed by atoms with Gasteiger partial charge in [-0.15, -0.1) is 0 Å². The van der Waals surface area contributed by atoms with Crippen molar-refractivity contribution in [3.8, 4) is 28.4 Å². The van der Waals surface area contributed by atoms with Crippen molar-refractivity contribution in [1.82, 2.24) is 0 Å². The summed E-state index contributed by atoms with van der Waals surface area (Å²) in [6, 6.07) is 7.99. The second kappa shape index (κ2) is 5.84. The van der Waals surface area contributed by atoms with Crippen LogP contribution in [0.2, 0.25) is 5.02 Å². The summed E-state index contributed by atoms with van der Waals surface area (Å²) in [6.45, 7) is 0. The van der Waals surface area contributed by atoms with Crippen LogP contribution >= 0.6 is 11.6 Å². The van der Waals surface area contributed by atoms with E-state index in [1.165, 1.54) is 26.4 Å². The minimum absolute atomic E-state index is 0.0601. The van der Waals surface area contributed by atoms with Crippen molar-refractivity contribution in [2.75, 3.05) is 14.2 Å². The van der Waals surface area contributed by atoms with Crippen LogP contribution in [0.5, 0.6) is 17.2 Å². The number of halogens is 1. The first-order valence-electron chi connectivity index (χ1n) is 5.80. The van der Waals surface area contributed by atoms with Crippen LogP contribution in [0.15, 0.2) is 30.3 Å². The number of methoxy groups -OCH3 is 2. The minimum Gasteiger partial charge on any atom is -0.504 e. The average molecular weight is 293 g/mol. The first kappa shape index (κ1) is 14.2. The fourth-order valence-electron chi connectivity index (χ4n) is 1.97. The monoisotopic (exact) mass is 292 g/mol. The lowest BCUT2D eigenvalue weighted by Crippen LogP contribution is -1.94. The van der Waals surface area contributed by atoms with Crippen LogP contribution in [0.4, 0.5) is 0 Å². The molecule has 0 radical (unpaired) electrons. The fourth-order valence-corrected chi connectivity index (χ4v) is 2.14. The van der Waals surface area contributed by atoms with Gasteiger partial charge in [0.2, 0.25) is 0 Å². The van der Waals surface area contributed by atoms with E-state index < -0.39 is 0 Å². The van der Waals surface area contributed by atoms with Gasteiger partial charge in [0.1, 0.15) is 5.75 Å². The molecule has 20 heavy (non-hydrogen) atoms. The maximum absolute atomic E-state index is 11.3. The summed E-state index contributed by atoms with van der Waals surface area (Å²) in [5, 5.41) is 10.4. The lowest BCUT2D eigenvalue weighted by atomic mass is 9.98. The van der Waals surface area contributed by atoms with Crippen molar-refractivity contribution in [3.05, 3.63) is 40.9 Å². The quantitative estimate of drug-likeness (QED) is 0.876. The molecule has 0 bridgehead atoms. The van der Waals surface area contributed by atoms with Gasteiger partial charge < -0.3 is 14.6 Å². The summed E-state index contributed by atoms with van der Waals surface area (Å²) in [7, 11) is 2.94. The average Bonchev–Trinajstić information content (AvgIpc) is 2.46. The Bertz CT molecular complexity index is 653. The van der Waals surface area contributed by atoms with Gasteiger partial charge in [0.05, 0.1) is 14.2 Å². The van der Waals surface area contributed by atoms with Crippen LogP contribution in [0.25, 0.3) is 11.1 Å². The van der Waals surface area contributed by atoms with E-state index >= 15 is 0 Å². The highest BCUT2D eigenvalue weighted by atomic mass is 35.5. The SMILES string of the molecule is COc1cc(C=O)c(-c2cc(Cl)ccc2OC)cc1O. The molecule has 0 unspecified atom stereocenters. The van der Waals surface area contributed by atoms with Crippen molar-refractivity contribution in [2.24, 2.45) is 0 Å². The van der Waals surface area contributed by atoms with Crippen LogP contribution in [0, 0.1) is 0 Å². The van der Waals surface area contributed by atoms with E-state index in [9.17, 15) is 9.90 Å². The highest BCUT2D eigenvalue weighted by Gasteiger charge is 2.15. The molecule has 2 rings (SSSR count). The van der Waals surface area contributed by atoms with Crippen LogP contribution < -0.4 is 9.47 Å². The molecule has 1 N–H and O–H groups in total. The molecule has 5 heteroatoms. The number of phenolic OH excluding ortho intramolecular Hbond substituents is 1. The molecule has 0 amide bonds. The molecule has 104 valence electrons. The first-order chi connectivity index (χ1) is 9.60. The first-order valence-corrected chi connectivity index (χ1v) is 6.18. The molecule has 2 aromatic rings. The number of rotatable bonds is 4. The van der Waals surface area contributed by atoms with Crippen molar-refractivity contribution in [1.29, 1.82) is 0 Å². The van der Waals surface area contributed by atoms with Gasteiger partial charge in [-0.25, -0.2) is 0 Å². The van der Waals surface area contributed by atoms with E-state index in [1.807, 2.05) is 0 Å². The van der Waals surface area contributed by atoms with Crippen molar-refractivity contribution in [2.45, 2.75) is 0 Å². The summed E-state index contributed by atoms with van der Waals surface area (Å²) in [5.74, 6) is 0.731. The molecule has 0 saturated heterocycles. The predicted molar refractivity (Wildman–Crippen MR) is 77.0 cm³/mol. The van der Waals surface area contributed by atoms with Gasteiger partial charge in [0, 0.05) is 16.1 Å². The third-order valence-electron chi connectivity index (χ3n) is 2.93. The second-order valence-electron chi connectivity index (χ2n) is 4.07. The maximum atomic E-state index is 11.3. The summed E-state index contributed by atoms with van der Waals surface area (Å²) in [5.41, 5.74) is 1.53. The Labute approximate surface area is 121 Å². The largest absolute Gasteiger partial charge is 0.504 e. The summed E-state index contributed by atoms with van der Waals surface area (Å²) in [4.78, 5) is 11.3. The Balaban J connectivity index is 2.71. The van der Waals surface area contributed by atoms with E-state index in [0.29, 0.717) is 33.7 Å². The normalized spacial score (nSPS) is 10.2. The van der Waals surface area contributed by atoms with E-state index in [2.05, 4.69) is 0 Å². The fraction of sp³-hybridized carbons (Fsp3) is 0.133. The number of ether oxygens (including phenoxy) is 2. The van der Waals surface area contributed by atoms with E-state index in [-0.39, 0.29) is 11.5 Å². The molecule has 0 aliphatic heterocycles. The highest BCUT2D eigenvalue weighted by molar-refractivity contribution is 6.31. The number of hydrogen-bond donors (Lipinski definition) is 1. The van der Waals surface area contributed by atoms with E-state index in [4.69, 9.17) is 21.1 Å². The molecule has 4 nitrogen and oxygen atoms in total. The van der Waals surface area contributed by atoms with Crippen molar-refractivity contribution < 1.29 is 19.4 Å². The van der Waals surface area contributed by atoms with Gasteiger partial charge in [0.25, 0.3) is 0 Å². The Morgan fingerprint density at radius 2 is 1.75 bits per heavy atom. The molecule has 0 spiro atoms. The molecular formula is C15H13ClO4. The zero-order chi connectivity index (χ0) is 14.7. The number of aldehydes is 1. The number of carbonyl (C=O) groups excluding carboxylic acids is 1. The summed E-state index contributed by atoms with van der Waals surface area (Å²) < 4.78 is 10.3. The number of aromatic hydroxyl groups is 1. The molecule has 0 aromatic heterocycles. The van der Waals surface area contributed by atoms with Gasteiger partial charge in [-0.3, -0.25) is 4.79 Å². The molecule has 0 atom stereocenters. The zero-order valence-corrected chi connectivity index (χ0v) is 11.8. The molecule has 2 aromatic carbocycles. The number of hydrogen-bond acceptors (Lipinski definition) is 4. The smallest absolute Gasteiger partial charge is 0.161 e. The Hall–Kier alpha value is -2.20. The molecule has 0 saturated carbocycles. The topological polar surface area (TPSA) is 55.8 Å². The minimum atomic E-state index is -0.0601. The Morgan fingerprint density at radius 1 is 1.05 bits per heavy atom. The van der Waals surface area contributed by atoms with Crippen molar-refractivity contribution >= 4 is 17.9 Å². The summed E-state index contributed by atoms with van der Waals surface area (Å²) in [6.07, 6.45) is 0.692. The van der Waals surface area contributed by atoms with Gasteiger partial charge in [-0.1, -0.05) is 11.6 Å². The van der Waals surface area contributed by atoms with Crippen LogP contribution in [-0.2, 0) is 0 Å². The number of phenols is 1. The van der Waals surface area contributed by atoms with Gasteiger partial charge >= 0.3 is 0 Å². The van der Waals surface area contributed by atoms with E-state index in [0.717, 1.165) is 0 Å². The molecule has 0 aliphatic rings. The predicted octanol–water partition coefficient (Wildman–Crippen LogP) is 3.54. The molecule has 0 fully saturated rings. The van der Waals surface area contributed by atoms with Crippen LogP contribution in [-0.4, -0.2) is 25.6 Å².